The summed E-state index contributed by atoms with van der Waals surface area (Å²) in [6.07, 6.45) is 1.16. The maximum Gasteiger partial charge on any atom is 0.186 e. The number of rotatable bonds is 3. The number of hydrogen-bond donors (Lipinski definition) is 0. The van der Waals surface area contributed by atoms with Gasteiger partial charge in [-0.3, -0.25) is 0 Å². The number of nitrogens with zero attached hydrogens (tertiary/aromatic N) is 6. The Labute approximate surface area is 145 Å². The minimum atomic E-state index is 0.507. The van der Waals surface area contributed by atoms with E-state index in [0.717, 1.165) is 42.4 Å². The lowest BCUT2D eigenvalue weighted by Crippen LogP contribution is -2.48. The van der Waals surface area contributed by atoms with Gasteiger partial charge in [0.15, 0.2) is 11.5 Å². The number of fused-ring (bicyclic) bond motifs is 1. The summed E-state index contributed by atoms with van der Waals surface area (Å²) in [7, 11) is 4.34. The van der Waals surface area contributed by atoms with Crippen molar-refractivity contribution in [2.75, 3.05) is 32.1 Å². The van der Waals surface area contributed by atoms with Crippen LogP contribution in [0, 0.1) is 5.92 Å². The van der Waals surface area contributed by atoms with Crippen molar-refractivity contribution in [3.05, 3.63) is 29.0 Å². The number of thiophene rings is 1. The smallest absolute Gasteiger partial charge is 0.186 e. The SMILES string of the molecule is CC1CN(C)CCC1N(C)c1ccc2nnc(-c3ccsc3)n2n1. The molecular weight excluding hydrogens is 320 g/mol. The van der Waals surface area contributed by atoms with Gasteiger partial charge in [-0.15, -0.1) is 15.3 Å². The van der Waals surface area contributed by atoms with Crippen molar-refractivity contribution < 1.29 is 0 Å². The van der Waals surface area contributed by atoms with Crippen molar-refractivity contribution in [3.8, 4) is 11.4 Å². The minimum Gasteiger partial charge on any atom is -0.355 e. The first-order valence-electron chi connectivity index (χ1n) is 8.30. The van der Waals surface area contributed by atoms with Gasteiger partial charge in [0.1, 0.15) is 5.82 Å². The Morgan fingerprint density at radius 1 is 1.25 bits per heavy atom. The lowest BCUT2D eigenvalue weighted by atomic mass is 9.93. The lowest BCUT2D eigenvalue weighted by Gasteiger charge is -2.40. The minimum absolute atomic E-state index is 0.507. The van der Waals surface area contributed by atoms with E-state index in [2.05, 4.69) is 52.5 Å². The zero-order valence-corrected chi connectivity index (χ0v) is 15.1. The molecule has 0 amide bonds. The summed E-state index contributed by atoms with van der Waals surface area (Å²) in [6.45, 7) is 4.59. The molecule has 6 nitrogen and oxygen atoms in total. The molecule has 0 aromatic carbocycles. The van der Waals surface area contributed by atoms with Crippen LogP contribution in [-0.2, 0) is 0 Å². The number of hydrogen-bond acceptors (Lipinski definition) is 6. The molecule has 0 saturated carbocycles. The monoisotopic (exact) mass is 342 g/mol. The topological polar surface area (TPSA) is 49.6 Å². The summed E-state index contributed by atoms with van der Waals surface area (Å²) < 4.78 is 1.85. The molecule has 7 heteroatoms. The third-order valence-corrected chi connectivity index (χ3v) is 5.63. The van der Waals surface area contributed by atoms with Crippen LogP contribution in [-0.4, -0.2) is 57.9 Å². The first-order valence-corrected chi connectivity index (χ1v) is 9.24. The van der Waals surface area contributed by atoms with Crippen LogP contribution in [0.1, 0.15) is 13.3 Å². The normalized spacial score (nSPS) is 22.1. The molecule has 4 rings (SSSR count). The van der Waals surface area contributed by atoms with Crippen LogP contribution in [0.4, 0.5) is 5.82 Å². The predicted molar refractivity (Wildman–Crippen MR) is 97.6 cm³/mol. The molecule has 0 N–H and O–H groups in total. The summed E-state index contributed by atoms with van der Waals surface area (Å²) in [5, 5.41) is 17.5. The van der Waals surface area contributed by atoms with E-state index in [1.165, 1.54) is 0 Å². The number of aromatic nitrogens is 4. The van der Waals surface area contributed by atoms with E-state index < -0.39 is 0 Å². The maximum atomic E-state index is 4.83. The van der Waals surface area contributed by atoms with E-state index in [0.29, 0.717) is 12.0 Å². The number of likely N-dealkylation sites (tertiary alicyclic amines) is 1. The van der Waals surface area contributed by atoms with Crippen molar-refractivity contribution in [3.63, 3.8) is 0 Å². The van der Waals surface area contributed by atoms with Crippen molar-refractivity contribution in [1.82, 2.24) is 24.7 Å². The quantitative estimate of drug-likeness (QED) is 0.732. The molecule has 0 aliphatic carbocycles. The summed E-state index contributed by atoms with van der Waals surface area (Å²) in [6, 6.07) is 6.61. The van der Waals surface area contributed by atoms with E-state index in [1.807, 2.05) is 22.0 Å². The van der Waals surface area contributed by atoms with Crippen molar-refractivity contribution in [2.45, 2.75) is 19.4 Å². The Kier molecular flexibility index (Phi) is 3.97. The molecular formula is C17H22N6S. The zero-order valence-electron chi connectivity index (χ0n) is 14.3. The highest BCUT2D eigenvalue weighted by atomic mass is 32.1. The highest BCUT2D eigenvalue weighted by Gasteiger charge is 2.28. The van der Waals surface area contributed by atoms with Crippen molar-refractivity contribution in [1.29, 1.82) is 0 Å². The van der Waals surface area contributed by atoms with Gasteiger partial charge in [0.25, 0.3) is 0 Å². The van der Waals surface area contributed by atoms with Crippen molar-refractivity contribution in [2.24, 2.45) is 5.92 Å². The standard InChI is InChI=1S/C17H22N6S/c1-12-10-21(2)8-6-14(12)22(3)16-5-4-15-18-19-17(23(15)20-16)13-7-9-24-11-13/h4-5,7,9,11-12,14H,6,8,10H2,1-3H3. The van der Waals surface area contributed by atoms with E-state index in [4.69, 9.17) is 5.10 Å². The summed E-state index contributed by atoms with van der Waals surface area (Å²) in [5.41, 5.74) is 1.84. The summed E-state index contributed by atoms with van der Waals surface area (Å²) >= 11 is 1.66. The molecule has 1 aliphatic heterocycles. The molecule has 0 radical (unpaired) electrons. The predicted octanol–water partition coefficient (Wildman–Crippen LogP) is 2.63. The Bertz CT molecular complexity index is 827. The molecule has 126 valence electrons. The Balaban J connectivity index is 1.68. The van der Waals surface area contributed by atoms with Crippen LogP contribution in [0.3, 0.4) is 0 Å². The van der Waals surface area contributed by atoms with Crippen LogP contribution in [0.25, 0.3) is 17.0 Å². The van der Waals surface area contributed by atoms with Crippen LogP contribution in [0.15, 0.2) is 29.0 Å². The highest BCUT2D eigenvalue weighted by molar-refractivity contribution is 7.08. The van der Waals surface area contributed by atoms with Crippen molar-refractivity contribution >= 4 is 22.8 Å². The van der Waals surface area contributed by atoms with E-state index in [9.17, 15) is 0 Å². The Hall–Kier alpha value is -1.99. The molecule has 1 fully saturated rings. The second-order valence-corrected chi connectivity index (χ2v) is 7.48. The number of anilines is 1. The average molecular weight is 342 g/mol. The molecule has 24 heavy (non-hydrogen) atoms. The fourth-order valence-electron chi connectivity index (χ4n) is 3.63. The fraction of sp³-hybridized carbons (Fsp3) is 0.471. The molecule has 0 bridgehead atoms. The van der Waals surface area contributed by atoms with Crippen LogP contribution >= 0.6 is 11.3 Å². The van der Waals surface area contributed by atoms with Crippen LogP contribution < -0.4 is 4.90 Å². The third kappa shape index (κ3) is 2.67. The maximum absolute atomic E-state index is 4.83. The van der Waals surface area contributed by atoms with Gasteiger partial charge in [-0.05, 0) is 49.5 Å². The van der Waals surface area contributed by atoms with Gasteiger partial charge in [0, 0.05) is 30.6 Å². The van der Waals surface area contributed by atoms with Gasteiger partial charge in [-0.1, -0.05) is 6.92 Å². The van der Waals surface area contributed by atoms with Gasteiger partial charge in [0.2, 0.25) is 0 Å². The molecule has 0 spiro atoms. The highest BCUT2D eigenvalue weighted by Crippen LogP contribution is 2.26. The molecule has 3 aromatic heterocycles. The van der Waals surface area contributed by atoms with Gasteiger partial charge in [0.05, 0.1) is 0 Å². The largest absolute Gasteiger partial charge is 0.355 e. The molecule has 1 saturated heterocycles. The fourth-order valence-corrected chi connectivity index (χ4v) is 4.26. The van der Waals surface area contributed by atoms with Gasteiger partial charge >= 0.3 is 0 Å². The van der Waals surface area contributed by atoms with Crippen LogP contribution in [0.2, 0.25) is 0 Å². The van der Waals surface area contributed by atoms with E-state index >= 15 is 0 Å². The molecule has 1 aliphatic rings. The number of piperidine rings is 1. The van der Waals surface area contributed by atoms with Gasteiger partial charge < -0.3 is 9.80 Å². The first kappa shape index (κ1) is 15.5. The van der Waals surface area contributed by atoms with Crippen LogP contribution in [0.5, 0.6) is 0 Å². The second-order valence-electron chi connectivity index (χ2n) is 6.70. The molecule has 4 heterocycles. The summed E-state index contributed by atoms with van der Waals surface area (Å²) in [5.74, 6) is 2.39. The van der Waals surface area contributed by atoms with Gasteiger partial charge in [-0.25, -0.2) is 0 Å². The Morgan fingerprint density at radius 2 is 2.12 bits per heavy atom. The lowest BCUT2D eigenvalue weighted by molar-refractivity contribution is 0.193. The molecule has 2 unspecified atom stereocenters. The zero-order chi connectivity index (χ0) is 16.7. The molecule has 2 atom stereocenters. The third-order valence-electron chi connectivity index (χ3n) is 4.95. The van der Waals surface area contributed by atoms with E-state index in [1.54, 1.807) is 11.3 Å². The Morgan fingerprint density at radius 3 is 2.88 bits per heavy atom. The van der Waals surface area contributed by atoms with E-state index in [-0.39, 0.29) is 0 Å². The van der Waals surface area contributed by atoms with Gasteiger partial charge in [-0.2, -0.15) is 15.9 Å². The average Bonchev–Trinajstić information content (AvgIpc) is 3.22. The first-order chi connectivity index (χ1) is 11.6. The second kappa shape index (κ2) is 6.14. The summed E-state index contributed by atoms with van der Waals surface area (Å²) in [4.78, 5) is 4.72. The molecule has 3 aromatic rings.